The topological polar surface area (TPSA) is 0 Å². The molecule has 0 saturated carbocycles. The third-order valence-corrected chi connectivity index (χ3v) is 0. The number of rotatable bonds is 0. The van der Waals surface area contributed by atoms with Gasteiger partial charge in [-0.3, -0.25) is 0 Å². The molecule has 0 atom stereocenters. The maximum atomic E-state index is 0. The molecule has 0 rings (SSSR count). The minimum atomic E-state index is 0. The van der Waals surface area contributed by atoms with E-state index in [-0.39, 0.29) is 117 Å². The molecule has 0 nitrogen and oxygen atoms in total. The first-order chi connectivity index (χ1) is 0. The zero-order valence-electron chi connectivity index (χ0n) is 3.47. The van der Waals surface area contributed by atoms with Crippen LogP contribution in [-0.2, 0) is 21.7 Å². The first-order valence-corrected chi connectivity index (χ1v) is 0. The van der Waals surface area contributed by atoms with E-state index in [1.165, 1.54) is 0 Å². The Morgan fingerprint density at radius 1 is 1.25 bits per heavy atom. The van der Waals surface area contributed by atoms with Gasteiger partial charge in [-0.2, -0.15) is 0 Å². The first kappa shape index (κ1) is 25.1. The fraction of sp³-hybridized carbons (Fsp3) is 0. The molecule has 0 aliphatic carbocycles. The second kappa shape index (κ2) is 15.9. The molecule has 0 aromatic carbocycles. The minimum absolute atomic E-state index is 0. The van der Waals surface area contributed by atoms with Gasteiger partial charge in [-0.15, -0.1) is 0 Å². The van der Waals surface area contributed by atoms with E-state index in [4.69, 9.17) is 0 Å². The third kappa shape index (κ3) is 9.22. The second-order valence-electron chi connectivity index (χ2n) is 0. The maximum Gasteiger partial charge on any atom is 2.00 e. The van der Waals surface area contributed by atoms with E-state index < -0.39 is 0 Å². The van der Waals surface area contributed by atoms with Gasteiger partial charge in [-0.05, 0) is 0 Å². The summed E-state index contributed by atoms with van der Waals surface area (Å²) in [4.78, 5) is 0. The summed E-state index contributed by atoms with van der Waals surface area (Å²) in [7, 11) is 0. The quantitative estimate of drug-likeness (QED) is 0.485. The normalized spacial score (nSPS) is 0. The van der Waals surface area contributed by atoms with E-state index in [0.29, 0.717) is 0 Å². The van der Waals surface area contributed by atoms with Crippen molar-refractivity contribution in [2.24, 2.45) is 0 Å². The van der Waals surface area contributed by atoms with Crippen molar-refractivity contribution in [3.63, 3.8) is 0 Å². The Hall–Kier alpha value is 3.74. The van der Waals surface area contributed by atoms with Gasteiger partial charge in [0, 0.05) is 58.6 Å². The molecule has 0 aliphatic rings. The van der Waals surface area contributed by atoms with Gasteiger partial charge in [-0.1, -0.05) is 0 Å². The minimum Gasteiger partial charge on any atom is -1.00 e. The zero-order valence-corrected chi connectivity index (χ0v) is 6.89. The van der Waals surface area contributed by atoms with Crippen LogP contribution in [0.4, 0.5) is 0 Å². The Bertz CT molecular complexity index is 13.5. The Morgan fingerprint density at radius 2 is 1.25 bits per heavy atom. The molecule has 0 aliphatic heterocycles. The van der Waals surface area contributed by atoms with Gasteiger partial charge in [-0.25, -0.2) is 0 Å². The van der Waals surface area contributed by atoms with Crippen molar-refractivity contribution in [3.05, 3.63) is 0 Å². The van der Waals surface area contributed by atoms with Crippen LogP contribution in [-0.4, -0.2) is 55.1 Å². The van der Waals surface area contributed by atoms with Crippen molar-refractivity contribution < 1.29 is 61.4 Å². The summed E-state index contributed by atoms with van der Waals surface area (Å²) in [6.45, 7) is 0. The van der Waals surface area contributed by atoms with E-state index in [2.05, 4.69) is 0 Å². The summed E-state index contributed by atoms with van der Waals surface area (Å²) in [6, 6.07) is 0. The van der Waals surface area contributed by atoms with E-state index in [0.717, 1.165) is 0 Å². The molecule has 0 spiro atoms. The van der Waals surface area contributed by atoms with Crippen LogP contribution in [0.25, 0.3) is 0 Å². The largest absolute Gasteiger partial charge is 2.00 e. The molecule has 4 heavy (non-hydrogen) atoms. The Morgan fingerprint density at radius 3 is 1.25 bits per heavy atom. The zero-order chi connectivity index (χ0) is 0. The van der Waals surface area contributed by atoms with Crippen molar-refractivity contribution in [3.8, 4) is 0 Å². The fourth-order valence-electron chi connectivity index (χ4n) is 0. The SMILES string of the molecule is [AlH3].[Ca+2].[H-].[H-].[Lu].[Ti]. The van der Waals surface area contributed by atoms with Crippen molar-refractivity contribution in [1.82, 2.24) is 0 Å². The molecule has 0 saturated heterocycles. The van der Waals surface area contributed by atoms with Crippen LogP contribution in [0, 0.1) is 36.9 Å². The molecule has 0 unspecified atom stereocenters. The molecule has 0 amide bonds. The van der Waals surface area contributed by atoms with Crippen LogP contribution >= 0.6 is 0 Å². The number of hydrogen-bond acceptors (Lipinski definition) is 0. The second-order valence-corrected chi connectivity index (χ2v) is 0. The van der Waals surface area contributed by atoms with Crippen molar-refractivity contribution in [2.45, 2.75) is 0 Å². The molecule has 0 aromatic heterocycles. The van der Waals surface area contributed by atoms with E-state index in [9.17, 15) is 0 Å². The molecule has 1 radical (unpaired) electrons. The summed E-state index contributed by atoms with van der Waals surface area (Å²) >= 11 is 0. The average molecular weight is 295 g/mol. The van der Waals surface area contributed by atoms with Crippen LogP contribution in [0.1, 0.15) is 2.85 Å². The predicted octanol–water partition coefficient (Wildman–Crippen LogP) is -1.34. The van der Waals surface area contributed by atoms with Crippen molar-refractivity contribution >= 4 is 55.1 Å². The predicted molar refractivity (Wildman–Crippen MR) is 17.9 cm³/mol. The Balaban J connectivity index is 0. The summed E-state index contributed by atoms with van der Waals surface area (Å²) in [5.41, 5.74) is 0. The van der Waals surface area contributed by atoms with Gasteiger partial charge in [0.2, 0.25) is 0 Å². The van der Waals surface area contributed by atoms with E-state index >= 15 is 0 Å². The fourth-order valence-corrected chi connectivity index (χ4v) is 0. The van der Waals surface area contributed by atoms with Gasteiger partial charge in [0.05, 0.1) is 0 Å². The number of hydrogen-bond donors (Lipinski definition) is 0. The Kier molecular flexibility index (Phi) is 99.8. The average Bonchev–Trinajstić information content (AvgIpc) is 0. The van der Waals surface area contributed by atoms with E-state index in [1.807, 2.05) is 0 Å². The van der Waals surface area contributed by atoms with Gasteiger partial charge in [0.25, 0.3) is 0 Å². The van der Waals surface area contributed by atoms with Crippen molar-refractivity contribution in [2.75, 3.05) is 0 Å². The van der Waals surface area contributed by atoms with Gasteiger partial charge >= 0.3 is 37.7 Å². The van der Waals surface area contributed by atoms with Crippen molar-refractivity contribution in [1.29, 1.82) is 0 Å². The van der Waals surface area contributed by atoms with Crippen LogP contribution in [0.3, 0.4) is 0 Å². The summed E-state index contributed by atoms with van der Waals surface area (Å²) in [5, 5.41) is 0. The summed E-state index contributed by atoms with van der Waals surface area (Å²) in [6.07, 6.45) is 0. The van der Waals surface area contributed by atoms with Crippen LogP contribution in [0.15, 0.2) is 0 Å². The van der Waals surface area contributed by atoms with Crippen LogP contribution in [0.2, 0.25) is 0 Å². The third-order valence-electron chi connectivity index (χ3n) is 0. The van der Waals surface area contributed by atoms with Crippen LogP contribution in [0.5, 0.6) is 0 Å². The van der Waals surface area contributed by atoms with Gasteiger partial charge in [0.1, 0.15) is 0 Å². The van der Waals surface area contributed by atoms with E-state index in [1.54, 1.807) is 0 Å². The first-order valence-electron chi connectivity index (χ1n) is 0. The maximum absolute atomic E-state index is 0. The Labute approximate surface area is 114 Å². The monoisotopic (exact) mass is 295 g/mol. The molecule has 4 heteroatoms. The molecular weight excluding hydrogens is 290 g/mol. The standard InChI is InChI=1S/Al.Ca.Lu.Ti.5H/q;+2;;;;;;2*-1. The molecule has 0 aromatic rings. The molecule has 0 bridgehead atoms. The smallest absolute Gasteiger partial charge is 1.00 e. The molecule has 0 heterocycles. The van der Waals surface area contributed by atoms with Crippen LogP contribution < -0.4 is 0 Å². The molecule has 0 fully saturated rings. The summed E-state index contributed by atoms with van der Waals surface area (Å²) in [5.74, 6) is 0. The molecule has 29 valence electrons. The summed E-state index contributed by atoms with van der Waals surface area (Å²) < 4.78 is 0. The van der Waals surface area contributed by atoms with Gasteiger partial charge in [0.15, 0.2) is 17.4 Å². The van der Waals surface area contributed by atoms with Gasteiger partial charge < -0.3 is 2.85 Å². The molecular formula is H5AlCaLuTi. The molecule has 0 N–H and O–H groups in total.